The molecule has 2 aromatic heterocycles. The van der Waals surface area contributed by atoms with Crippen LogP contribution in [-0.4, -0.2) is 42.3 Å². The number of benzene rings is 1. The van der Waals surface area contributed by atoms with Crippen molar-refractivity contribution in [2.75, 3.05) is 37.9 Å². The van der Waals surface area contributed by atoms with Gasteiger partial charge in [0.25, 0.3) is 0 Å². The molecule has 0 unspecified atom stereocenters. The van der Waals surface area contributed by atoms with Crippen molar-refractivity contribution in [2.45, 2.75) is 6.92 Å². The van der Waals surface area contributed by atoms with Crippen LogP contribution in [0.3, 0.4) is 0 Å². The van der Waals surface area contributed by atoms with Crippen LogP contribution in [0.25, 0.3) is 22.3 Å². The number of rotatable bonds is 4. The molecule has 1 aliphatic heterocycles. The molecule has 8 nitrogen and oxygen atoms in total. The van der Waals surface area contributed by atoms with E-state index in [1.807, 2.05) is 11.8 Å². The molecule has 0 aliphatic carbocycles. The number of nitriles is 1. The molecular weight excluding hydrogens is 427 g/mol. The van der Waals surface area contributed by atoms with Crippen molar-refractivity contribution in [1.29, 1.82) is 5.26 Å². The lowest BCUT2D eigenvalue weighted by atomic mass is 9.83. The maximum absolute atomic E-state index is 9.39. The summed E-state index contributed by atoms with van der Waals surface area (Å²) in [6.07, 6.45) is 1.57. The van der Waals surface area contributed by atoms with Crippen LogP contribution in [0.2, 0.25) is 10.0 Å². The summed E-state index contributed by atoms with van der Waals surface area (Å²) in [6, 6.07) is 5.65. The molecule has 1 fully saturated rings. The van der Waals surface area contributed by atoms with Crippen molar-refractivity contribution in [3.63, 3.8) is 0 Å². The van der Waals surface area contributed by atoms with Crippen molar-refractivity contribution in [3.05, 3.63) is 28.4 Å². The highest BCUT2D eigenvalue weighted by molar-refractivity contribution is 6.41. The van der Waals surface area contributed by atoms with Gasteiger partial charge in [-0.05, 0) is 13.0 Å². The van der Waals surface area contributed by atoms with Gasteiger partial charge >= 0.3 is 0 Å². The fourth-order valence-electron chi connectivity index (χ4n) is 3.48. The minimum absolute atomic E-state index is 0.266. The average molecular weight is 445 g/mol. The summed E-state index contributed by atoms with van der Waals surface area (Å²) in [7, 11) is 3.00. The van der Waals surface area contributed by atoms with Gasteiger partial charge in [-0.25, -0.2) is 15.0 Å². The van der Waals surface area contributed by atoms with Crippen LogP contribution in [0, 0.1) is 16.7 Å². The third-order valence-corrected chi connectivity index (χ3v) is 5.78. The van der Waals surface area contributed by atoms with Crippen LogP contribution >= 0.6 is 23.2 Å². The van der Waals surface area contributed by atoms with E-state index in [1.54, 1.807) is 18.3 Å². The molecule has 0 amide bonds. The lowest BCUT2D eigenvalue weighted by molar-refractivity contribution is 0.335. The van der Waals surface area contributed by atoms with Gasteiger partial charge in [0, 0.05) is 24.5 Å². The summed E-state index contributed by atoms with van der Waals surface area (Å²) < 4.78 is 10.7. The minimum Gasteiger partial charge on any atom is -0.495 e. The van der Waals surface area contributed by atoms with Crippen LogP contribution in [0.1, 0.15) is 6.92 Å². The Hall–Kier alpha value is -3.02. The third kappa shape index (κ3) is 3.20. The number of hydrogen-bond donors (Lipinski definition) is 1. The van der Waals surface area contributed by atoms with Crippen LogP contribution in [0.15, 0.2) is 18.3 Å². The summed E-state index contributed by atoms with van der Waals surface area (Å²) in [5, 5.41) is 10.6. The number of ether oxygens (including phenoxy) is 2. The molecule has 4 rings (SSSR count). The molecule has 0 atom stereocenters. The standard InChI is InChI=1S/C20H18Cl2N6O2/c1-20(7-23)8-28(9-20)19-10-4-14(24)25-6-11(10)26-18(27-19)15-16(21)12(29-2)5-13(30-3)17(15)22/h4-6H,8-9H2,1-3H3,(H2,24,25). The van der Waals surface area contributed by atoms with Gasteiger partial charge in [0.15, 0.2) is 5.82 Å². The van der Waals surface area contributed by atoms with Crippen LogP contribution in [0.5, 0.6) is 11.5 Å². The predicted molar refractivity (Wildman–Crippen MR) is 116 cm³/mol. The van der Waals surface area contributed by atoms with E-state index >= 15 is 0 Å². The molecule has 3 heterocycles. The Balaban J connectivity index is 1.96. The van der Waals surface area contributed by atoms with E-state index in [9.17, 15) is 5.26 Å². The fourth-order valence-corrected chi connectivity index (χ4v) is 4.15. The second kappa shape index (κ2) is 7.35. The second-order valence-corrected chi connectivity index (χ2v) is 8.07. The van der Waals surface area contributed by atoms with E-state index in [0.29, 0.717) is 53.1 Å². The normalized spacial score (nSPS) is 14.9. The molecule has 1 saturated heterocycles. The van der Waals surface area contributed by atoms with Gasteiger partial charge < -0.3 is 20.1 Å². The van der Waals surface area contributed by atoms with E-state index < -0.39 is 5.41 Å². The lowest BCUT2D eigenvalue weighted by Gasteiger charge is -2.44. The largest absolute Gasteiger partial charge is 0.495 e. The summed E-state index contributed by atoms with van der Waals surface area (Å²) in [6.45, 7) is 2.96. The van der Waals surface area contributed by atoms with Crippen molar-refractivity contribution in [1.82, 2.24) is 15.0 Å². The van der Waals surface area contributed by atoms with E-state index in [4.69, 9.17) is 43.4 Å². The van der Waals surface area contributed by atoms with Gasteiger partial charge in [-0.2, -0.15) is 5.26 Å². The van der Waals surface area contributed by atoms with Crippen molar-refractivity contribution >= 4 is 45.7 Å². The molecule has 0 radical (unpaired) electrons. The Kier molecular flexibility index (Phi) is 4.96. The highest BCUT2D eigenvalue weighted by Crippen LogP contribution is 2.46. The molecular formula is C20H18Cl2N6O2. The molecule has 0 saturated carbocycles. The Morgan fingerprint density at radius 3 is 2.33 bits per heavy atom. The summed E-state index contributed by atoms with van der Waals surface area (Å²) in [5.41, 5.74) is 6.41. The minimum atomic E-state index is -0.440. The number of anilines is 2. The first-order valence-electron chi connectivity index (χ1n) is 9.00. The number of fused-ring (bicyclic) bond motifs is 1. The lowest BCUT2D eigenvalue weighted by Crippen LogP contribution is -2.54. The van der Waals surface area contributed by atoms with Gasteiger partial charge in [0.05, 0.1) is 53.0 Å². The molecule has 0 spiro atoms. The Morgan fingerprint density at radius 1 is 1.13 bits per heavy atom. The van der Waals surface area contributed by atoms with Crippen LogP contribution in [-0.2, 0) is 0 Å². The third-order valence-electron chi connectivity index (χ3n) is 5.03. The second-order valence-electron chi connectivity index (χ2n) is 7.31. The van der Waals surface area contributed by atoms with Crippen molar-refractivity contribution in [2.24, 2.45) is 5.41 Å². The van der Waals surface area contributed by atoms with Gasteiger partial charge in [-0.1, -0.05) is 23.2 Å². The van der Waals surface area contributed by atoms with Crippen LogP contribution in [0.4, 0.5) is 11.6 Å². The molecule has 154 valence electrons. The number of nitrogens with two attached hydrogens (primary N) is 1. The maximum Gasteiger partial charge on any atom is 0.165 e. The van der Waals surface area contributed by atoms with Crippen LogP contribution < -0.4 is 20.1 Å². The zero-order valence-corrected chi connectivity index (χ0v) is 18.0. The number of hydrogen-bond acceptors (Lipinski definition) is 8. The summed E-state index contributed by atoms with van der Waals surface area (Å²) in [4.78, 5) is 15.5. The van der Waals surface area contributed by atoms with E-state index in [1.165, 1.54) is 14.2 Å². The fraction of sp³-hybridized carbons (Fsp3) is 0.300. The zero-order chi connectivity index (χ0) is 21.6. The first-order valence-corrected chi connectivity index (χ1v) is 9.75. The molecule has 0 bridgehead atoms. The van der Waals surface area contributed by atoms with Gasteiger partial charge in [0.2, 0.25) is 0 Å². The van der Waals surface area contributed by atoms with Gasteiger partial charge in [-0.15, -0.1) is 0 Å². The number of nitrogen functional groups attached to an aromatic ring is 1. The Morgan fingerprint density at radius 2 is 1.77 bits per heavy atom. The van der Waals surface area contributed by atoms with Crippen molar-refractivity contribution in [3.8, 4) is 29.0 Å². The Labute approximate surface area is 183 Å². The molecule has 1 aromatic carbocycles. The van der Waals surface area contributed by atoms with E-state index in [2.05, 4.69) is 16.0 Å². The van der Waals surface area contributed by atoms with E-state index in [0.717, 1.165) is 5.39 Å². The smallest absolute Gasteiger partial charge is 0.165 e. The quantitative estimate of drug-likeness (QED) is 0.643. The number of pyridine rings is 1. The first kappa shape index (κ1) is 20.3. The zero-order valence-electron chi connectivity index (χ0n) is 16.5. The van der Waals surface area contributed by atoms with Gasteiger partial charge in [-0.3, -0.25) is 0 Å². The number of nitrogens with zero attached hydrogens (tertiary/aromatic N) is 5. The molecule has 3 aromatic rings. The van der Waals surface area contributed by atoms with Gasteiger partial charge in [0.1, 0.15) is 23.1 Å². The molecule has 30 heavy (non-hydrogen) atoms. The Bertz CT molecular complexity index is 1180. The first-order chi connectivity index (χ1) is 14.3. The molecule has 1 aliphatic rings. The summed E-state index contributed by atoms with van der Waals surface area (Å²) in [5.74, 6) is 2.04. The van der Waals surface area contributed by atoms with E-state index in [-0.39, 0.29) is 10.0 Å². The maximum atomic E-state index is 9.39. The molecule has 10 heteroatoms. The summed E-state index contributed by atoms with van der Waals surface area (Å²) >= 11 is 13.1. The predicted octanol–water partition coefficient (Wildman–Crippen LogP) is 3.95. The number of methoxy groups -OCH3 is 2. The monoisotopic (exact) mass is 444 g/mol. The van der Waals surface area contributed by atoms with Crippen molar-refractivity contribution < 1.29 is 9.47 Å². The number of halogens is 2. The SMILES string of the molecule is COc1cc(OC)c(Cl)c(-c2nc(N3CC(C)(C#N)C3)c3cc(N)ncc3n2)c1Cl. The average Bonchev–Trinajstić information content (AvgIpc) is 2.71. The topological polar surface area (TPSA) is 110 Å². The number of aromatic nitrogens is 3. The molecule has 2 N–H and O–H groups in total. The highest BCUT2D eigenvalue weighted by atomic mass is 35.5. The highest BCUT2D eigenvalue weighted by Gasteiger charge is 2.40.